The van der Waals surface area contributed by atoms with Crippen LogP contribution in [-0.2, 0) is 27.2 Å². The summed E-state index contributed by atoms with van der Waals surface area (Å²) in [5.41, 5.74) is 2.23. The Bertz CT molecular complexity index is 539. The summed E-state index contributed by atoms with van der Waals surface area (Å²) in [6.45, 7) is 6.07. The van der Waals surface area contributed by atoms with E-state index in [1.807, 2.05) is 12.1 Å². The fourth-order valence-electron chi connectivity index (χ4n) is 2.26. The fraction of sp³-hybridized carbons (Fsp3) is 0.562. The number of para-hydroxylation sites is 2. The third kappa shape index (κ3) is 4.52. The number of methoxy groups -OCH3 is 1. The molecule has 0 saturated carbocycles. The average Bonchev–Trinajstić information content (AvgIpc) is 2.88. The van der Waals surface area contributed by atoms with E-state index >= 15 is 0 Å². The van der Waals surface area contributed by atoms with Crippen molar-refractivity contribution in [3.05, 3.63) is 30.1 Å². The van der Waals surface area contributed by atoms with Gasteiger partial charge in [0, 0.05) is 20.1 Å². The number of aryl methyl sites for hydroxylation is 1. The topological polar surface area (TPSA) is 45.5 Å². The van der Waals surface area contributed by atoms with E-state index in [1.54, 1.807) is 7.11 Å². The van der Waals surface area contributed by atoms with Gasteiger partial charge in [-0.25, -0.2) is 4.98 Å². The number of hydrogen-bond acceptors (Lipinski definition) is 4. The molecule has 0 radical (unpaired) electrons. The first-order valence-corrected chi connectivity index (χ1v) is 7.45. The maximum atomic E-state index is 5.62. The lowest BCUT2D eigenvalue weighted by Gasteiger charge is -2.09. The Labute approximate surface area is 125 Å². The number of nitrogens with zero attached hydrogens (tertiary/aromatic N) is 2. The number of rotatable bonds is 10. The van der Waals surface area contributed by atoms with Crippen LogP contribution in [0.4, 0.5) is 0 Å². The van der Waals surface area contributed by atoms with Crippen molar-refractivity contribution in [2.75, 3.05) is 40.1 Å². The highest BCUT2D eigenvalue weighted by Crippen LogP contribution is 2.16. The highest BCUT2D eigenvalue weighted by Gasteiger charge is 2.08. The third-order valence-electron chi connectivity index (χ3n) is 3.31. The molecule has 0 aliphatic carbocycles. The molecule has 1 heterocycles. The SMILES string of the molecule is CCc1nc2ccccc2n1CCOCCOCCOC. The molecular weight excluding hydrogens is 268 g/mol. The molecule has 5 heteroatoms. The van der Waals surface area contributed by atoms with Crippen LogP contribution in [0.3, 0.4) is 0 Å². The van der Waals surface area contributed by atoms with Gasteiger partial charge in [-0.05, 0) is 12.1 Å². The highest BCUT2D eigenvalue weighted by molar-refractivity contribution is 5.75. The molecule has 5 nitrogen and oxygen atoms in total. The van der Waals surface area contributed by atoms with Crippen molar-refractivity contribution in [3.63, 3.8) is 0 Å². The second-order valence-corrected chi connectivity index (χ2v) is 4.74. The maximum absolute atomic E-state index is 5.62. The monoisotopic (exact) mass is 292 g/mol. The van der Waals surface area contributed by atoms with Crippen LogP contribution in [0.5, 0.6) is 0 Å². The quantitative estimate of drug-likeness (QED) is 0.630. The Morgan fingerprint density at radius 1 is 1.00 bits per heavy atom. The highest BCUT2D eigenvalue weighted by atomic mass is 16.5. The van der Waals surface area contributed by atoms with Gasteiger partial charge >= 0.3 is 0 Å². The van der Waals surface area contributed by atoms with Crippen molar-refractivity contribution >= 4 is 11.0 Å². The number of ether oxygens (including phenoxy) is 3. The summed E-state index contributed by atoms with van der Waals surface area (Å²) < 4.78 is 18.1. The molecular formula is C16H24N2O3. The lowest BCUT2D eigenvalue weighted by atomic mass is 10.3. The van der Waals surface area contributed by atoms with E-state index < -0.39 is 0 Å². The molecule has 0 saturated heterocycles. The lowest BCUT2D eigenvalue weighted by Crippen LogP contribution is -2.13. The Morgan fingerprint density at radius 3 is 2.48 bits per heavy atom. The largest absolute Gasteiger partial charge is 0.382 e. The molecule has 1 aromatic carbocycles. The van der Waals surface area contributed by atoms with Gasteiger partial charge in [0.2, 0.25) is 0 Å². The van der Waals surface area contributed by atoms with Gasteiger partial charge in [-0.3, -0.25) is 0 Å². The van der Waals surface area contributed by atoms with Crippen molar-refractivity contribution in [2.24, 2.45) is 0 Å². The van der Waals surface area contributed by atoms with E-state index in [0.29, 0.717) is 33.0 Å². The smallest absolute Gasteiger partial charge is 0.109 e. The second-order valence-electron chi connectivity index (χ2n) is 4.74. The molecule has 0 N–H and O–H groups in total. The number of imidazole rings is 1. The first kappa shape index (κ1) is 15.9. The zero-order valence-electron chi connectivity index (χ0n) is 12.9. The minimum atomic E-state index is 0.606. The van der Waals surface area contributed by atoms with Gasteiger partial charge in [-0.2, -0.15) is 0 Å². The minimum absolute atomic E-state index is 0.606. The molecule has 116 valence electrons. The van der Waals surface area contributed by atoms with Crippen molar-refractivity contribution < 1.29 is 14.2 Å². The first-order chi connectivity index (χ1) is 10.4. The molecule has 0 spiro atoms. The Balaban J connectivity index is 1.78. The van der Waals surface area contributed by atoms with Crippen molar-refractivity contribution in [2.45, 2.75) is 19.9 Å². The average molecular weight is 292 g/mol. The normalized spacial score (nSPS) is 11.3. The number of fused-ring (bicyclic) bond motifs is 1. The van der Waals surface area contributed by atoms with E-state index in [0.717, 1.165) is 24.3 Å². The molecule has 2 aromatic rings. The maximum Gasteiger partial charge on any atom is 0.109 e. The summed E-state index contributed by atoms with van der Waals surface area (Å²) in [5, 5.41) is 0. The molecule has 0 bridgehead atoms. The minimum Gasteiger partial charge on any atom is -0.382 e. The van der Waals surface area contributed by atoms with E-state index in [9.17, 15) is 0 Å². The predicted octanol–water partition coefficient (Wildman–Crippen LogP) is 2.28. The van der Waals surface area contributed by atoms with E-state index in [4.69, 9.17) is 14.2 Å². The van der Waals surface area contributed by atoms with Crippen molar-refractivity contribution in [1.82, 2.24) is 9.55 Å². The van der Waals surface area contributed by atoms with Crippen LogP contribution in [0.1, 0.15) is 12.7 Å². The molecule has 21 heavy (non-hydrogen) atoms. The molecule has 0 aliphatic rings. The van der Waals surface area contributed by atoms with E-state index in [2.05, 4.69) is 28.6 Å². The molecule has 0 amide bonds. The van der Waals surface area contributed by atoms with Gasteiger partial charge in [-0.1, -0.05) is 19.1 Å². The Hall–Kier alpha value is -1.43. The molecule has 2 rings (SSSR count). The standard InChI is InChI=1S/C16H24N2O3/c1-3-16-17-14-6-4-5-7-15(14)18(16)8-9-20-12-13-21-11-10-19-2/h4-7H,3,8-13H2,1-2H3. The second kappa shape index (κ2) is 8.77. The van der Waals surface area contributed by atoms with Crippen LogP contribution in [0, 0.1) is 0 Å². The van der Waals surface area contributed by atoms with Gasteiger partial charge in [0.1, 0.15) is 5.82 Å². The van der Waals surface area contributed by atoms with E-state index in [1.165, 1.54) is 5.52 Å². The van der Waals surface area contributed by atoms with Gasteiger partial charge in [0.05, 0.1) is 44.1 Å². The summed E-state index contributed by atoms with van der Waals surface area (Å²) in [7, 11) is 1.67. The molecule has 0 atom stereocenters. The van der Waals surface area contributed by atoms with Crippen LogP contribution in [0.2, 0.25) is 0 Å². The van der Waals surface area contributed by atoms with Crippen LogP contribution in [-0.4, -0.2) is 49.7 Å². The summed E-state index contributed by atoms with van der Waals surface area (Å²) >= 11 is 0. The van der Waals surface area contributed by atoms with Crippen LogP contribution in [0.25, 0.3) is 11.0 Å². The Morgan fingerprint density at radius 2 is 1.71 bits per heavy atom. The number of hydrogen-bond donors (Lipinski definition) is 0. The van der Waals surface area contributed by atoms with Gasteiger partial charge < -0.3 is 18.8 Å². The number of benzene rings is 1. The zero-order chi connectivity index (χ0) is 14.9. The molecule has 0 unspecified atom stereocenters. The molecule has 0 aliphatic heterocycles. The first-order valence-electron chi connectivity index (χ1n) is 7.45. The van der Waals surface area contributed by atoms with Gasteiger partial charge in [0.25, 0.3) is 0 Å². The third-order valence-corrected chi connectivity index (χ3v) is 3.31. The lowest BCUT2D eigenvalue weighted by molar-refractivity contribution is 0.0231. The predicted molar refractivity (Wildman–Crippen MR) is 82.6 cm³/mol. The summed E-state index contributed by atoms with van der Waals surface area (Å²) in [6, 6.07) is 8.22. The van der Waals surface area contributed by atoms with Gasteiger partial charge in [0.15, 0.2) is 0 Å². The fourth-order valence-corrected chi connectivity index (χ4v) is 2.26. The summed E-state index contributed by atoms with van der Waals surface area (Å²) in [5.74, 6) is 1.11. The summed E-state index contributed by atoms with van der Waals surface area (Å²) in [6.07, 6.45) is 0.925. The van der Waals surface area contributed by atoms with Crippen LogP contribution < -0.4 is 0 Å². The van der Waals surface area contributed by atoms with Crippen molar-refractivity contribution in [3.8, 4) is 0 Å². The zero-order valence-corrected chi connectivity index (χ0v) is 12.9. The number of aromatic nitrogens is 2. The van der Waals surface area contributed by atoms with E-state index in [-0.39, 0.29) is 0 Å². The van der Waals surface area contributed by atoms with Crippen LogP contribution >= 0.6 is 0 Å². The molecule has 0 fully saturated rings. The molecule has 1 aromatic heterocycles. The summed E-state index contributed by atoms with van der Waals surface area (Å²) in [4.78, 5) is 4.65. The Kier molecular flexibility index (Phi) is 6.66. The van der Waals surface area contributed by atoms with Crippen molar-refractivity contribution in [1.29, 1.82) is 0 Å². The van der Waals surface area contributed by atoms with Crippen LogP contribution in [0.15, 0.2) is 24.3 Å². The van der Waals surface area contributed by atoms with Gasteiger partial charge in [-0.15, -0.1) is 0 Å².